The highest BCUT2D eigenvalue weighted by Gasteiger charge is 2.05. The van der Waals surface area contributed by atoms with E-state index in [2.05, 4.69) is 19.9 Å². The zero-order valence-electron chi connectivity index (χ0n) is 8.02. The molecule has 0 saturated heterocycles. The van der Waals surface area contributed by atoms with E-state index < -0.39 is 11.2 Å². The Morgan fingerprint density at radius 3 is 2.69 bits per heavy atom. The van der Waals surface area contributed by atoms with E-state index in [1.807, 2.05) is 0 Å². The second-order valence-electron chi connectivity index (χ2n) is 3.32. The van der Waals surface area contributed by atoms with E-state index in [1.54, 1.807) is 18.3 Å². The molecule has 3 rings (SSSR count). The fourth-order valence-electron chi connectivity index (χ4n) is 1.67. The lowest BCUT2D eigenvalue weighted by Crippen LogP contribution is -2.22. The van der Waals surface area contributed by atoms with E-state index in [0.29, 0.717) is 21.9 Å². The quantitative estimate of drug-likeness (QED) is 0.521. The van der Waals surface area contributed by atoms with Crippen LogP contribution in [0.2, 0.25) is 0 Å². The van der Waals surface area contributed by atoms with Crippen molar-refractivity contribution < 1.29 is 0 Å². The summed E-state index contributed by atoms with van der Waals surface area (Å²) >= 11 is 0. The Morgan fingerprint density at radius 2 is 1.81 bits per heavy atom. The van der Waals surface area contributed by atoms with E-state index in [4.69, 9.17) is 0 Å². The number of aromatic nitrogens is 4. The lowest BCUT2D eigenvalue weighted by Gasteiger charge is -1.99. The van der Waals surface area contributed by atoms with Crippen molar-refractivity contribution in [2.45, 2.75) is 0 Å². The van der Waals surface area contributed by atoms with Crippen molar-refractivity contribution in [3.63, 3.8) is 0 Å². The normalized spacial score (nSPS) is 11.0. The third-order valence-electron chi connectivity index (χ3n) is 2.35. The van der Waals surface area contributed by atoms with E-state index in [9.17, 15) is 9.59 Å². The molecule has 2 N–H and O–H groups in total. The van der Waals surface area contributed by atoms with E-state index in [1.165, 1.54) is 6.20 Å². The van der Waals surface area contributed by atoms with Gasteiger partial charge in [0.25, 0.3) is 5.56 Å². The monoisotopic (exact) mass is 214 g/mol. The molecule has 0 aliphatic carbocycles. The average molecular weight is 214 g/mol. The summed E-state index contributed by atoms with van der Waals surface area (Å²) in [7, 11) is 0. The van der Waals surface area contributed by atoms with Gasteiger partial charge in [-0.15, -0.1) is 0 Å². The third-order valence-corrected chi connectivity index (χ3v) is 2.35. The summed E-state index contributed by atoms with van der Waals surface area (Å²) in [5, 5.41) is 0.396. The third kappa shape index (κ3) is 1.13. The number of nitrogens with one attached hydrogen (secondary N) is 2. The molecule has 0 aliphatic heterocycles. The van der Waals surface area contributed by atoms with Gasteiger partial charge in [-0.1, -0.05) is 0 Å². The average Bonchev–Trinajstić information content (AvgIpc) is 2.28. The van der Waals surface area contributed by atoms with Crippen molar-refractivity contribution in [1.29, 1.82) is 0 Å². The van der Waals surface area contributed by atoms with E-state index in [-0.39, 0.29) is 0 Å². The van der Waals surface area contributed by atoms with Gasteiger partial charge in [0.2, 0.25) is 0 Å². The molecular weight excluding hydrogens is 208 g/mol. The molecule has 0 atom stereocenters. The molecule has 0 spiro atoms. The fraction of sp³-hybridized carbons (Fsp3) is 0. The van der Waals surface area contributed by atoms with Crippen molar-refractivity contribution in [2.24, 2.45) is 0 Å². The van der Waals surface area contributed by atoms with Gasteiger partial charge in [0.1, 0.15) is 5.52 Å². The summed E-state index contributed by atoms with van der Waals surface area (Å²) in [6.07, 6.45) is 3.07. The van der Waals surface area contributed by atoms with Crippen LogP contribution >= 0.6 is 0 Å². The maximum atomic E-state index is 11.5. The molecule has 0 saturated carbocycles. The predicted molar refractivity (Wildman–Crippen MR) is 58.3 cm³/mol. The molecule has 2 heterocycles. The topological polar surface area (TPSA) is 91.5 Å². The summed E-state index contributed by atoms with van der Waals surface area (Å²) in [6, 6.07) is 3.30. The van der Waals surface area contributed by atoms with Crippen LogP contribution in [0.4, 0.5) is 0 Å². The van der Waals surface area contributed by atoms with Gasteiger partial charge in [-0.05, 0) is 12.1 Å². The molecule has 6 nitrogen and oxygen atoms in total. The molecule has 0 bridgehead atoms. The van der Waals surface area contributed by atoms with Crippen molar-refractivity contribution in [3.8, 4) is 0 Å². The molecule has 16 heavy (non-hydrogen) atoms. The standard InChI is InChI=1S/C10H6N4O2/c15-9-5-1-2-6-8(12-4-3-11-6)7(5)13-10(16)14-9/h1-4H,(H2,13,14,15,16). The Hall–Kier alpha value is -2.50. The highest BCUT2D eigenvalue weighted by molar-refractivity contribution is 6.00. The predicted octanol–water partition coefficient (Wildman–Crippen LogP) is 0.160. The number of nitrogens with zero attached hydrogens (tertiary/aromatic N) is 2. The maximum absolute atomic E-state index is 11.5. The second kappa shape index (κ2) is 2.99. The van der Waals surface area contributed by atoms with Gasteiger partial charge in [0.15, 0.2) is 0 Å². The zero-order chi connectivity index (χ0) is 11.1. The lowest BCUT2D eigenvalue weighted by molar-refractivity contribution is 1.08. The summed E-state index contributed by atoms with van der Waals surface area (Å²) in [5.74, 6) is 0. The molecule has 0 fully saturated rings. The molecular formula is C10H6N4O2. The van der Waals surface area contributed by atoms with Crippen LogP contribution in [0.3, 0.4) is 0 Å². The largest absolute Gasteiger partial charge is 0.326 e. The second-order valence-corrected chi connectivity index (χ2v) is 3.32. The Labute approximate surface area is 88.0 Å². The first-order chi connectivity index (χ1) is 7.75. The first kappa shape index (κ1) is 8.78. The highest BCUT2D eigenvalue weighted by atomic mass is 16.2. The van der Waals surface area contributed by atoms with Gasteiger partial charge in [-0.25, -0.2) is 4.79 Å². The number of hydrogen-bond acceptors (Lipinski definition) is 4. The van der Waals surface area contributed by atoms with Crippen LogP contribution in [-0.2, 0) is 0 Å². The fourth-order valence-corrected chi connectivity index (χ4v) is 1.67. The minimum absolute atomic E-state index is 0.396. The summed E-state index contributed by atoms with van der Waals surface area (Å²) in [6.45, 7) is 0. The summed E-state index contributed by atoms with van der Waals surface area (Å²) in [5.41, 5.74) is 0.598. The Bertz CT molecular complexity index is 803. The molecule has 0 radical (unpaired) electrons. The smallest absolute Gasteiger partial charge is 0.305 e. The molecule has 78 valence electrons. The minimum atomic E-state index is -0.546. The first-order valence-electron chi connectivity index (χ1n) is 4.62. The van der Waals surface area contributed by atoms with Gasteiger partial charge >= 0.3 is 5.69 Å². The number of benzene rings is 1. The van der Waals surface area contributed by atoms with Crippen LogP contribution < -0.4 is 11.2 Å². The summed E-state index contributed by atoms with van der Waals surface area (Å²) in [4.78, 5) is 35.6. The van der Waals surface area contributed by atoms with Gasteiger partial charge in [-0.2, -0.15) is 0 Å². The minimum Gasteiger partial charge on any atom is -0.305 e. The Morgan fingerprint density at radius 1 is 1.00 bits per heavy atom. The number of fused-ring (bicyclic) bond motifs is 3. The van der Waals surface area contributed by atoms with Crippen molar-refractivity contribution in [1.82, 2.24) is 19.9 Å². The van der Waals surface area contributed by atoms with Gasteiger partial charge < -0.3 is 4.98 Å². The van der Waals surface area contributed by atoms with Crippen LogP contribution in [-0.4, -0.2) is 19.9 Å². The lowest BCUT2D eigenvalue weighted by atomic mass is 10.2. The molecule has 2 aromatic heterocycles. The number of aromatic amines is 2. The molecule has 0 aliphatic rings. The van der Waals surface area contributed by atoms with Crippen molar-refractivity contribution >= 4 is 21.9 Å². The molecule has 0 amide bonds. The van der Waals surface area contributed by atoms with Crippen molar-refractivity contribution in [3.05, 3.63) is 45.4 Å². The first-order valence-corrected chi connectivity index (χ1v) is 4.62. The molecule has 1 aromatic carbocycles. The molecule has 0 unspecified atom stereocenters. The van der Waals surface area contributed by atoms with Crippen LogP contribution in [0.5, 0.6) is 0 Å². The maximum Gasteiger partial charge on any atom is 0.326 e. The summed E-state index contributed by atoms with van der Waals surface area (Å²) < 4.78 is 0. The van der Waals surface area contributed by atoms with Crippen LogP contribution in [0.25, 0.3) is 21.9 Å². The number of H-pyrrole nitrogens is 2. The van der Waals surface area contributed by atoms with Crippen LogP contribution in [0, 0.1) is 0 Å². The van der Waals surface area contributed by atoms with Crippen LogP contribution in [0.1, 0.15) is 0 Å². The Kier molecular flexibility index (Phi) is 1.64. The SMILES string of the molecule is O=c1[nH]c(=O)c2ccc3nccnc3c2[nH]1. The van der Waals surface area contributed by atoms with Crippen molar-refractivity contribution in [2.75, 3.05) is 0 Å². The highest BCUT2D eigenvalue weighted by Crippen LogP contribution is 2.15. The van der Waals surface area contributed by atoms with E-state index in [0.717, 1.165) is 0 Å². The zero-order valence-corrected chi connectivity index (χ0v) is 8.02. The van der Waals surface area contributed by atoms with Gasteiger partial charge in [-0.3, -0.25) is 19.7 Å². The van der Waals surface area contributed by atoms with Gasteiger partial charge in [0, 0.05) is 12.4 Å². The molecule has 6 heteroatoms. The van der Waals surface area contributed by atoms with Crippen LogP contribution in [0.15, 0.2) is 34.1 Å². The Balaban J connectivity index is 2.70. The number of rotatable bonds is 0. The number of hydrogen-bond donors (Lipinski definition) is 2. The van der Waals surface area contributed by atoms with Gasteiger partial charge in [0.05, 0.1) is 16.4 Å². The molecule has 3 aromatic rings. The van der Waals surface area contributed by atoms with E-state index >= 15 is 0 Å².